The number of carboxylic acid groups (broad SMARTS) is 1. The van der Waals surface area contributed by atoms with E-state index < -0.39 is 29.9 Å². The van der Waals surface area contributed by atoms with Crippen molar-refractivity contribution in [3.8, 4) is 0 Å². The van der Waals surface area contributed by atoms with Gasteiger partial charge in [-0.15, -0.1) is 0 Å². The number of carboxylic acids is 1. The number of hydrogen-bond donors (Lipinski definition) is 3. The zero-order valence-electron chi connectivity index (χ0n) is 10.4. The highest BCUT2D eigenvalue weighted by atomic mass is 16.4. The first-order valence-electron chi connectivity index (χ1n) is 5.66. The Bertz CT molecular complexity index is 430. The van der Waals surface area contributed by atoms with Crippen LogP contribution in [0.4, 0.5) is 0 Å². The van der Waals surface area contributed by atoms with Gasteiger partial charge in [-0.25, -0.2) is 4.79 Å². The summed E-state index contributed by atoms with van der Waals surface area (Å²) in [6, 6.07) is 8.30. The first kappa shape index (κ1) is 14.2. The van der Waals surface area contributed by atoms with E-state index in [1.165, 1.54) is 0 Å². The lowest BCUT2D eigenvalue weighted by molar-refractivity contribution is -0.148. The van der Waals surface area contributed by atoms with Crippen LogP contribution in [0.3, 0.4) is 0 Å². The van der Waals surface area contributed by atoms with Crippen molar-refractivity contribution in [2.75, 3.05) is 6.61 Å². The molecule has 0 saturated carbocycles. The SMILES string of the molecule is CC(C)[C@](CO)(NC(=O)c1ccccc1)C(=O)O. The van der Waals surface area contributed by atoms with Crippen LogP contribution in [0.25, 0.3) is 0 Å². The van der Waals surface area contributed by atoms with E-state index in [9.17, 15) is 19.8 Å². The number of carbonyl (C=O) groups is 2. The first-order chi connectivity index (χ1) is 8.44. The molecule has 0 aliphatic heterocycles. The zero-order valence-corrected chi connectivity index (χ0v) is 10.4. The van der Waals surface area contributed by atoms with Gasteiger partial charge in [0.1, 0.15) is 0 Å². The molecule has 1 rings (SSSR count). The molecule has 0 spiro atoms. The van der Waals surface area contributed by atoms with Crippen LogP contribution in [-0.2, 0) is 4.79 Å². The van der Waals surface area contributed by atoms with Gasteiger partial charge >= 0.3 is 5.97 Å². The standard InChI is InChI=1S/C13H17NO4/c1-9(2)13(8-15,12(17)18)14-11(16)10-6-4-3-5-7-10/h3-7,9,15H,8H2,1-2H3,(H,14,16)(H,17,18)/t13-/m0/s1. The van der Waals surface area contributed by atoms with Gasteiger partial charge in [0, 0.05) is 5.56 Å². The molecule has 98 valence electrons. The Kier molecular flexibility index (Phi) is 4.44. The predicted octanol–water partition coefficient (Wildman–Crippen LogP) is 0.888. The molecule has 0 unspecified atom stereocenters. The molecule has 1 aromatic rings. The van der Waals surface area contributed by atoms with Gasteiger partial charge in [0.05, 0.1) is 6.61 Å². The van der Waals surface area contributed by atoms with Crippen molar-refractivity contribution < 1.29 is 19.8 Å². The molecule has 1 amide bonds. The monoisotopic (exact) mass is 251 g/mol. The van der Waals surface area contributed by atoms with Crippen molar-refractivity contribution in [1.29, 1.82) is 0 Å². The van der Waals surface area contributed by atoms with Gasteiger partial charge in [0.25, 0.3) is 5.91 Å². The Balaban J connectivity index is 2.99. The maximum Gasteiger partial charge on any atom is 0.332 e. The summed E-state index contributed by atoms with van der Waals surface area (Å²) in [7, 11) is 0. The van der Waals surface area contributed by atoms with Crippen LogP contribution in [0, 0.1) is 5.92 Å². The number of nitrogens with one attached hydrogen (secondary N) is 1. The van der Waals surface area contributed by atoms with Crippen LogP contribution in [0.15, 0.2) is 30.3 Å². The van der Waals surface area contributed by atoms with Crippen LogP contribution in [0.2, 0.25) is 0 Å². The van der Waals surface area contributed by atoms with Gasteiger partial charge in [-0.3, -0.25) is 4.79 Å². The summed E-state index contributed by atoms with van der Waals surface area (Å²) < 4.78 is 0. The molecule has 0 heterocycles. The third-order valence-electron chi connectivity index (χ3n) is 2.99. The number of aliphatic hydroxyl groups is 1. The molecular weight excluding hydrogens is 234 g/mol. The van der Waals surface area contributed by atoms with E-state index in [1.54, 1.807) is 44.2 Å². The van der Waals surface area contributed by atoms with Gasteiger partial charge < -0.3 is 15.5 Å². The van der Waals surface area contributed by atoms with Crippen LogP contribution < -0.4 is 5.32 Å². The molecular formula is C13H17NO4. The van der Waals surface area contributed by atoms with E-state index in [4.69, 9.17) is 0 Å². The molecule has 18 heavy (non-hydrogen) atoms. The summed E-state index contributed by atoms with van der Waals surface area (Å²) in [6.45, 7) is 2.61. The van der Waals surface area contributed by atoms with E-state index in [2.05, 4.69) is 5.32 Å². The molecule has 0 radical (unpaired) electrons. The number of hydrogen-bond acceptors (Lipinski definition) is 3. The van der Waals surface area contributed by atoms with Crippen LogP contribution in [0.5, 0.6) is 0 Å². The Hall–Kier alpha value is -1.88. The van der Waals surface area contributed by atoms with E-state index >= 15 is 0 Å². The summed E-state index contributed by atoms with van der Waals surface area (Å²) in [5, 5.41) is 20.9. The average molecular weight is 251 g/mol. The molecule has 5 nitrogen and oxygen atoms in total. The van der Waals surface area contributed by atoms with Crippen molar-refractivity contribution in [3.63, 3.8) is 0 Å². The minimum atomic E-state index is -1.66. The van der Waals surface area contributed by atoms with Crippen molar-refractivity contribution in [2.45, 2.75) is 19.4 Å². The van der Waals surface area contributed by atoms with Crippen molar-refractivity contribution in [1.82, 2.24) is 5.32 Å². The maximum absolute atomic E-state index is 11.9. The fourth-order valence-electron chi connectivity index (χ4n) is 1.60. The Labute approximate surface area is 105 Å². The second-order valence-electron chi connectivity index (χ2n) is 4.41. The first-order valence-corrected chi connectivity index (χ1v) is 5.66. The van der Waals surface area contributed by atoms with Gasteiger partial charge in [-0.2, -0.15) is 0 Å². The molecule has 0 bridgehead atoms. The van der Waals surface area contributed by atoms with E-state index in [-0.39, 0.29) is 0 Å². The zero-order chi connectivity index (χ0) is 13.8. The van der Waals surface area contributed by atoms with Crippen molar-refractivity contribution >= 4 is 11.9 Å². The molecule has 0 fully saturated rings. The number of aliphatic carboxylic acids is 1. The van der Waals surface area contributed by atoms with Gasteiger partial charge in [-0.1, -0.05) is 32.0 Å². The maximum atomic E-state index is 11.9. The van der Waals surface area contributed by atoms with E-state index in [0.29, 0.717) is 5.56 Å². The molecule has 0 aromatic heterocycles. The highest BCUT2D eigenvalue weighted by Crippen LogP contribution is 2.18. The van der Waals surface area contributed by atoms with E-state index in [0.717, 1.165) is 0 Å². The summed E-state index contributed by atoms with van der Waals surface area (Å²) in [6.07, 6.45) is 0. The van der Waals surface area contributed by atoms with Gasteiger partial charge in [0.15, 0.2) is 5.54 Å². The molecule has 0 aliphatic carbocycles. The normalized spacial score (nSPS) is 14.0. The highest BCUT2D eigenvalue weighted by molar-refractivity contribution is 5.98. The quantitative estimate of drug-likeness (QED) is 0.725. The summed E-state index contributed by atoms with van der Waals surface area (Å²) in [5.41, 5.74) is -1.30. The topological polar surface area (TPSA) is 86.6 Å². The lowest BCUT2D eigenvalue weighted by Crippen LogP contribution is -2.60. The Morgan fingerprint density at radius 2 is 1.83 bits per heavy atom. The minimum absolute atomic E-state index is 0.359. The summed E-state index contributed by atoms with van der Waals surface area (Å²) >= 11 is 0. The third kappa shape index (κ3) is 2.68. The lowest BCUT2D eigenvalue weighted by Gasteiger charge is -2.32. The Morgan fingerprint density at radius 1 is 1.28 bits per heavy atom. The van der Waals surface area contributed by atoms with Gasteiger partial charge in [0.2, 0.25) is 0 Å². The highest BCUT2D eigenvalue weighted by Gasteiger charge is 2.42. The molecule has 5 heteroatoms. The molecule has 0 aliphatic rings. The molecule has 1 aromatic carbocycles. The third-order valence-corrected chi connectivity index (χ3v) is 2.99. The fraction of sp³-hybridized carbons (Fsp3) is 0.385. The number of carbonyl (C=O) groups excluding carboxylic acids is 1. The van der Waals surface area contributed by atoms with Crippen LogP contribution >= 0.6 is 0 Å². The summed E-state index contributed by atoms with van der Waals surface area (Å²) in [5.74, 6) is -2.20. The van der Waals surface area contributed by atoms with Crippen LogP contribution in [0.1, 0.15) is 24.2 Å². The second kappa shape index (κ2) is 5.64. The average Bonchev–Trinajstić information content (AvgIpc) is 2.36. The van der Waals surface area contributed by atoms with Crippen molar-refractivity contribution in [2.24, 2.45) is 5.92 Å². The van der Waals surface area contributed by atoms with E-state index in [1.807, 2.05) is 0 Å². The lowest BCUT2D eigenvalue weighted by atomic mass is 9.87. The second-order valence-corrected chi connectivity index (χ2v) is 4.41. The number of amides is 1. The summed E-state index contributed by atoms with van der Waals surface area (Å²) in [4.78, 5) is 23.2. The van der Waals surface area contributed by atoms with Crippen molar-refractivity contribution in [3.05, 3.63) is 35.9 Å². The number of rotatable bonds is 5. The molecule has 0 saturated heterocycles. The minimum Gasteiger partial charge on any atom is -0.479 e. The fourth-order valence-corrected chi connectivity index (χ4v) is 1.60. The van der Waals surface area contributed by atoms with Gasteiger partial charge in [-0.05, 0) is 18.1 Å². The molecule has 1 atom stereocenters. The predicted molar refractivity (Wildman–Crippen MR) is 66.2 cm³/mol. The largest absolute Gasteiger partial charge is 0.479 e. The number of aliphatic hydroxyl groups excluding tert-OH is 1. The van der Waals surface area contributed by atoms with Crippen LogP contribution in [-0.4, -0.2) is 34.2 Å². The number of benzene rings is 1. The smallest absolute Gasteiger partial charge is 0.332 e. The molecule has 3 N–H and O–H groups in total. The Morgan fingerprint density at radius 3 is 2.22 bits per heavy atom.